The molecule has 15 heavy (non-hydrogen) atoms. The summed E-state index contributed by atoms with van der Waals surface area (Å²) in [6, 6.07) is 0. The SMILES string of the molecule is NC=CC1=NC2=CCNN2/C(=C/CN)N1. The molecule has 0 bridgehead atoms. The number of nitrogens with two attached hydrogens (primary N) is 2. The summed E-state index contributed by atoms with van der Waals surface area (Å²) >= 11 is 0. The summed E-state index contributed by atoms with van der Waals surface area (Å²) in [6.07, 6.45) is 7.03. The van der Waals surface area contributed by atoms with E-state index in [9.17, 15) is 0 Å². The molecule has 0 radical (unpaired) electrons. The third kappa shape index (κ3) is 1.85. The Morgan fingerprint density at radius 1 is 1.60 bits per heavy atom. The molecule has 0 spiro atoms. The van der Waals surface area contributed by atoms with Crippen molar-refractivity contribution in [1.29, 1.82) is 0 Å². The molecule has 80 valence electrons. The molecule has 2 heterocycles. The quantitative estimate of drug-likeness (QED) is 0.461. The summed E-state index contributed by atoms with van der Waals surface area (Å²) < 4.78 is 0. The Labute approximate surface area is 88.0 Å². The second-order valence-electron chi connectivity index (χ2n) is 3.07. The lowest BCUT2D eigenvalue weighted by molar-refractivity contribution is 0.330. The van der Waals surface area contributed by atoms with Crippen LogP contribution in [0.15, 0.2) is 41.1 Å². The predicted molar refractivity (Wildman–Crippen MR) is 59.0 cm³/mol. The molecular formula is C9H14N6. The number of hydrogen-bond acceptors (Lipinski definition) is 6. The molecule has 0 atom stereocenters. The first-order chi connectivity index (χ1) is 7.35. The van der Waals surface area contributed by atoms with Crippen molar-refractivity contribution in [3.8, 4) is 0 Å². The van der Waals surface area contributed by atoms with Crippen molar-refractivity contribution in [2.45, 2.75) is 0 Å². The van der Waals surface area contributed by atoms with E-state index in [-0.39, 0.29) is 0 Å². The largest absolute Gasteiger partial charge is 0.404 e. The average Bonchev–Trinajstić information content (AvgIpc) is 2.67. The second kappa shape index (κ2) is 4.16. The van der Waals surface area contributed by atoms with E-state index in [1.165, 1.54) is 6.20 Å². The van der Waals surface area contributed by atoms with E-state index in [0.717, 1.165) is 18.2 Å². The summed E-state index contributed by atoms with van der Waals surface area (Å²) in [5, 5.41) is 4.98. The Morgan fingerprint density at radius 3 is 3.20 bits per heavy atom. The molecule has 0 amide bonds. The highest BCUT2D eigenvalue weighted by atomic mass is 15.6. The Bertz CT molecular complexity index is 365. The zero-order valence-electron chi connectivity index (χ0n) is 8.27. The second-order valence-corrected chi connectivity index (χ2v) is 3.07. The Morgan fingerprint density at radius 2 is 2.47 bits per heavy atom. The predicted octanol–water partition coefficient (Wildman–Crippen LogP) is -1.08. The van der Waals surface area contributed by atoms with Gasteiger partial charge in [0.2, 0.25) is 0 Å². The molecule has 6 heteroatoms. The molecule has 2 aliphatic rings. The van der Waals surface area contributed by atoms with Gasteiger partial charge in [-0.15, -0.1) is 0 Å². The van der Waals surface area contributed by atoms with E-state index in [0.29, 0.717) is 12.4 Å². The van der Waals surface area contributed by atoms with E-state index in [1.807, 2.05) is 17.2 Å². The van der Waals surface area contributed by atoms with Crippen molar-refractivity contribution in [1.82, 2.24) is 15.8 Å². The topological polar surface area (TPSA) is 91.7 Å². The number of amidine groups is 1. The fourth-order valence-corrected chi connectivity index (χ4v) is 1.47. The van der Waals surface area contributed by atoms with Crippen LogP contribution in [0, 0.1) is 0 Å². The number of fused-ring (bicyclic) bond motifs is 1. The monoisotopic (exact) mass is 206 g/mol. The van der Waals surface area contributed by atoms with Crippen LogP contribution < -0.4 is 22.2 Å². The van der Waals surface area contributed by atoms with E-state index in [1.54, 1.807) is 6.08 Å². The number of nitrogens with zero attached hydrogens (tertiary/aromatic N) is 2. The first kappa shape index (κ1) is 9.75. The van der Waals surface area contributed by atoms with Gasteiger partial charge in [0.05, 0.1) is 0 Å². The molecule has 0 fully saturated rings. The zero-order chi connectivity index (χ0) is 10.7. The van der Waals surface area contributed by atoms with Crippen LogP contribution in [0.25, 0.3) is 0 Å². The lowest BCUT2D eigenvalue weighted by Gasteiger charge is -2.28. The van der Waals surface area contributed by atoms with Gasteiger partial charge in [-0.05, 0) is 24.4 Å². The molecule has 6 N–H and O–H groups in total. The van der Waals surface area contributed by atoms with Gasteiger partial charge in [-0.1, -0.05) is 0 Å². The van der Waals surface area contributed by atoms with Crippen LogP contribution in [0.5, 0.6) is 0 Å². The molecule has 6 nitrogen and oxygen atoms in total. The Kier molecular flexibility index (Phi) is 2.70. The summed E-state index contributed by atoms with van der Waals surface area (Å²) in [7, 11) is 0. The summed E-state index contributed by atoms with van der Waals surface area (Å²) in [5.41, 5.74) is 14.0. The third-order valence-corrected chi connectivity index (χ3v) is 2.06. The molecule has 0 saturated carbocycles. The lowest BCUT2D eigenvalue weighted by atomic mass is 10.4. The van der Waals surface area contributed by atoms with Crippen molar-refractivity contribution in [2.24, 2.45) is 16.5 Å². The minimum absolute atomic E-state index is 0.466. The zero-order valence-corrected chi connectivity index (χ0v) is 8.27. The first-order valence-electron chi connectivity index (χ1n) is 4.73. The molecular weight excluding hydrogens is 192 g/mol. The van der Waals surface area contributed by atoms with E-state index in [2.05, 4.69) is 15.7 Å². The number of hydrogen-bond donors (Lipinski definition) is 4. The van der Waals surface area contributed by atoms with Gasteiger partial charge >= 0.3 is 0 Å². The maximum Gasteiger partial charge on any atom is 0.148 e. The van der Waals surface area contributed by atoms with Gasteiger partial charge in [0.1, 0.15) is 17.5 Å². The fraction of sp³-hybridized carbons (Fsp3) is 0.222. The van der Waals surface area contributed by atoms with Crippen molar-refractivity contribution < 1.29 is 0 Å². The summed E-state index contributed by atoms with van der Waals surface area (Å²) in [4.78, 5) is 4.35. The van der Waals surface area contributed by atoms with Crippen LogP contribution in [0.2, 0.25) is 0 Å². The van der Waals surface area contributed by atoms with Crippen molar-refractivity contribution in [3.63, 3.8) is 0 Å². The molecule has 0 aromatic rings. The summed E-state index contributed by atoms with van der Waals surface area (Å²) in [5.74, 6) is 2.45. The molecule has 2 rings (SSSR count). The maximum atomic E-state index is 5.49. The van der Waals surface area contributed by atoms with Crippen LogP contribution in [0.4, 0.5) is 0 Å². The van der Waals surface area contributed by atoms with Crippen molar-refractivity contribution >= 4 is 5.84 Å². The molecule has 0 aromatic carbocycles. The van der Waals surface area contributed by atoms with Gasteiger partial charge in [-0.2, -0.15) is 0 Å². The standard InChI is InChI=1S/C9H14N6/c10-4-1-7-13-8(2-5-11)15-9(14-7)3-6-12-15/h1-4,12H,5-6,10-11H2,(H,13,14)/b4-1?,8-2+. The van der Waals surface area contributed by atoms with Gasteiger partial charge in [-0.25, -0.2) is 15.4 Å². The maximum absolute atomic E-state index is 5.49. The molecule has 0 aliphatic carbocycles. The van der Waals surface area contributed by atoms with Crippen LogP contribution in [-0.2, 0) is 0 Å². The average molecular weight is 206 g/mol. The normalized spacial score (nSPS) is 22.7. The smallest absolute Gasteiger partial charge is 0.148 e. The van der Waals surface area contributed by atoms with Crippen LogP contribution in [0.1, 0.15) is 0 Å². The number of aliphatic imine (C=N–C) groups is 1. The molecule has 0 saturated heterocycles. The highest BCUT2D eigenvalue weighted by molar-refractivity contribution is 5.95. The number of hydrazine groups is 1. The van der Waals surface area contributed by atoms with Crippen LogP contribution >= 0.6 is 0 Å². The van der Waals surface area contributed by atoms with Crippen molar-refractivity contribution in [2.75, 3.05) is 13.1 Å². The molecule has 0 unspecified atom stereocenters. The number of nitrogens with one attached hydrogen (secondary N) is 2. The highest BCUT2D eigenvalue weighted by Crippen LogP contribution is 2.17. The third-order valence-electron chi connectivity index (χ3n) is 2.06. The lowest BCUT2D eigenvalue weighted by Crippen LogP contribution is -2.43. The van der Waals surface area contributed by atoms with E-state index >= 15 is 0 Å². The van der Waals surface area contributed by atoms with Gasteiger partial charge in [0, 0.05) is 13.1 Å². The Hall–Kier alpha value is -1.79. The van der Waals surface area contributed by atoms with Gasteiger partial charge in [0.25, 0.3) is 0 Å². The highest BCUT2D eigenvalue weighted by Gasteiger charge is 2.23. The van der Waals surface area contributed by atoms with Crippen molar-refractivity contribution in [3.05, 3.63) is 36.1 Å². The van der Waals surface area contributed by atoms with E-state index < -0.39 is 0 Å². The molecule has 0 aromatic heterocycles. The minimum atomic E-state index is 0.466. The van der Waals surface area contributed by atoms with Gasteiger partial charge < -0.3 is 16.8 Å². The van der Waals surface area contributed by atoms with Crippen LogP contribution in [-0.4, -0.2) is 23.9 Å². The fourth-order valence-electron chi connectivity index (χ4n) is 1.47. The van der Waals surface area contributed by atoms with Gasteiger partial charge in [0.15, 0.2) is 0 Å². The van der Waals surface area contributed by atoms with Crippen LogP contribution in [0.3, 0.4) is 0 Å². The van der Waals surface area contributed by atoms with Gasteiger partial charge in [-0.3, -0.25) is 0 Å². The number of rotatable bonds is 2. The minimum Gasteiger partial charge on any atom is -0.404 e. The first-order valence-corrected chi connectivity index (χ1v) is 4.73. The Balaban J connectivity index is 2.30. The van der Waals surface area contributed by atoms with E-state index in [4.69, 9.17) is 11.5 Å². The molecule has 2 aliphatic heterocycles. The summed E-state index contributed by atoms with van der Waals surface area (Å²) in [6.45, 7) is 1.23.